The molecule has 0 aliphatic carbocycles. The Hall–Kier alpha value is -2.11. The number of allylic oxidation sites excluding steroid dienone is 2. The van der Waals surface area contributed by atoms with E-state index in [0.717, 1.165) is 5.70 Å². The summed E-state index contributed by atoms with van der Waals surface area (Å²) >= 11 is 0. The first-order chi connectivity index (χ1) is 8.72. The monoisotopic (exact) mass is 246 g/mol. The Kier molecular flexibility index (Phi) is 2.43. The highest BCUT2D eigenvalue weighted by molar-refractivity contribution is 5.85. The number of carbonyl (C=O) groups is 1. The van der Waals surface area contributed by atoms with Crippen LogP contribution < -0.4 is 0 Å². The Morgan fingerprint density at radius 2 is 2.44 bits per heavy atom. The van der Waals surface area contributed by atoms with Gasteiger partial charge in [-0.2, -0.15) is 10.1 Å². The van der Waals surface area contributed by atoms with Crippen LogP contribution in [0.1, 0.15) is 30.3 Å². The molecule has 1 aromatic heterocycles. The standard InChI is InChI=1S/C12H14N4O2/c1-3-18-12(17)11-13-10(14-15-11)9-6-4-5-8-7(2)16(8)9/h4-8H,3H2,1-2H3,(H,13,14,15). The third kappa shape index (κ3) is 1.61. The minimum atomic E-state index is -0.474. The Labute approximate surface area is 104 Å². The zero-order chi connectivity index (χ0) is 12.7. The average molecular weight is 246 g/mol. The third-order valence-corrected chi connectivity index (χ3v) is 3.19. The van der Waals surface area contributed by atoms with Crippen LogP contribution in [0.15, 0.2) is 18.2 Å². The molecule has 1 fully saturated rings. The number of fused-ring (bicyclic) bond motifs is 1. The normalized spacial score (nSPS) is 24.6. The van der Waals surface area contributed by atoms with E-state index < -0.39 is 5.97 Å². The largest absolute Gasteiger partial charge is 0.460 e. The van der Waals surface area contributed by atoms with Crippen LogP contribution in [0, 0.1) is 0 Å². The van der Waals surface area contributed by atoms with Crippen LogP contribution in [0.25, 0.3) is 5.70 Å². The molecule has 0 bridgehead atoms. The molecule has 3 rings (SSSR count). The maximum atomic E-state index is 11.5. The highest BCUT2D eigenvalue weighted by atomic mass is 16.5. The minimum Gasteiger partial charge on any atom is -0.460 e. The molecule has 1 saturated heterocycles. The van der Waals surface area contributed by atoms with Gasteiger partial charge in [-0.1, -0.05) is 12.2 Å². The predicted molar refractivity (Wildman–Crippen MR) is 64.5 cm³/mol. The van der Waals surface area contributed by atoms with Crippen molar-refractivity contribution in [2.45, 2.75) is 25.9 Å². The summed E-state index contributed by atoms with van der Waals surface area (Å²) in [7, 11) is 0. The van der Waals surface area contributed by atoms with Crippen molar-refractivity contribution in [2.75, 3.05) is 6.61 Å². The van der Waals surface area contributed by atoms with E-state index in [1.165, 1.54) is 0 Å². The number of rotatable bonds is 3. The number of nitrogens with zero attached hydrogens (tertiary/aromatic N) is 3. The molecule has 6 heteroatoms. The van der Waals surface area contributed by atoms with Crippen LogP contribution in [0.4, 0.5) is 0 Å². The molecule has 18 heavy (non-hydrogen) atoms. The topological polar surface area (TPSA) is 70.9 Å². The average Bonchev–Trinajstić information content (AvgIpc) is 2.85. The lowest BCUT2D eigenvalue weighted by Gasteiger charge is -2.08. The number of H-pyrrole nitrogens is 1. The smallest absolute Gasteiger partial charge is 0.375 e. The predicted octanol–water partition coefficient (Wildman–Crippen LogP) is 0.965. The van der Waals surface area contributed by atoms with E-state index in [9.17, 15) is 4.79 Å². The van der Waals surface area contributed by atoms with Gasteiger partial charge in [0.1, 0.15) is 0 Å². The maximum Gasteiger partial charge on any atom is 0.375 e. The molecule has 94 valence electrons. The van der Waals surface area contributed by atoms with Crippen molar-refractivity contribution in [2.24, 2.45) is 0 Å². The van der Waals surface area contributed by atoms with E-state index >= 15 is 0 Å². The number of hydrogen-bond donors (Lipinski definition) is 1. The fourth-order valence-electron chi connectivity index (χ4n) is 2.21. The first-order valence-electron chi connectivity index (χ1n) is 5.99. The van der Waals surface area contributed by atoms with E-state index in [-0.39, 0.29) is 5.82 Å². The quantitative estimate of drug-likeness (QED) is 0.635. The SMILES string of the molecule is CCOC(=O)c1nc(C2=CC=CC3C(C)N23)n[nH]1. The number of esters is 1. The highest BCUT2D eigenvalue weighted by Crippen LogP contribution is 2.39. The van der Waals surface area contributed by atoms with Gasteiger partial charge in [0.15, 0.2) is 5.82 Å². The van der Waals surface area contributed by atoms with Gasteiger partial charge < -0.3 is 9.64 Å². The van der Waals surface area contributed by atoms with Crippen molar-refractivity contribution in [1.29, 1.82) is 0 Å². The molecule has 2 aliphatic heterocycles. The first kappa shape index (κ1) is 11.0. The van der Waals surface area contributed by atoms with E-state index in [4.69, 9.17) is 4.74 Å². The summed E-state index contributed by atoms with van der Waals surface area (Å²) in [6.45, 7) is 4.23. The van der Waals surface area contributed by atoms with Crippen molar-refractivity contribution >= 4 is 11.7 Å². The van der Waals surface area contributed by atoms with Gasteiger partial charge in [-0.25, -0.2) is 4.79 Å². The van der Waals surface area contributed by atoms with Gasteiger partial charge in [0.25, 0.3) is 0 Å². The van der Waals surface area contributed by atoms with Crippen LogP contribution in [0.2, 0.25) is 0 Å². The van der Waals surface area contributed by atoms with E-state index in [0.29, 0.717) is 24.5 Å². The number of carbonyl (C=O) groups excluding carboxylic acids is 1. The van der Waals surface area contributed by atoms with Crippen LogP contribution >= 0.6 is 0 Å². The lowest BCUT2D eigenvalue weighted by molar-refractivity contribution is 0.0512. The number of nitrogens with one attached hydrogen (secondary N) is 1. The summed E-state index contributed by atoms with van der Waals surface area (Å²) in [5.74, 6) is 0.212. The second kappa shape index (κ2) is 3.97. The van der Waals surface area contributed by atoms with Gasteiger partial charge in [-0.05, 0) is 19.9 Å². The molecule has 0 aromatic carbocycles. The zero-order valence-corrected chi connectivity index (χ0v) is 10.3. The molecular weight excluding hydrogens is 232 g/mol. The van der Waals surface area contributed by atoms with Gasteiger partial charge in [0.05, 0.1) is 24.4 Å². The zero-order valence-electron chi connectivity index (χ0n) is 10.3. The van der Waals surface area contributed by atoms with E-state index in [1.807, 2.05) is 12.2 Å². The Bertz CT molecular complexity index is 546. The van der Waals surface area contributed by atoms with E-state index in [1.54, 1.807) is 6.92 Å². The van der Waals surface area contributed by atoms with Gasteiger partial charge in [-0.3, -0.25) is 5.10 Å². The molecule has 0 amide bonds. The summed E-state index contributed by atoms with van der Waals surface area (Å²) in [6, 6.07) is 0.911. The summed E-state index contributed by atoms with van der Waals surface area (Å²) in [5.41, 5.74) is 0.946. The van der Waals surface area contributed by atoms with Crippen molar-refractivity contribution < 1.29 is 9.53 Å². The Balaban J connectivity index is 1.84. The van der Waals surface area contributed by atoms with Gasteiger partial charge in [0.2, 0.25) is 5.82 Å². The summed E-state index contributed by atoms with van der Waals surface area (Å²) in [4.78, 5) is 17.9. The Morgan fingerprint density at radius 1 is 1.61 bits per heavy atom. The van der Waals surface area contributed by atoms with Crippen molar-refractivity contribution in [3.05, 3.63) is 29.9 Å². The van der Waals surface area contributed by atoms with Crippen molar-refractivity contribution in [1.82, 2.24) is 20.1 Å². The molecule has 1 N–H and O–H groups in total. The highest BCUT2D eigenvalue weighted by Gasteiger charge is 2.45. The number of hydrogen-bond acceptors (Lipinski definition) is 5. The first-order valence-corrected chi connectivity index (χ1v) is 5.99. The van der Waals surface area contributed by atoms with Crippen molar-refractivity contribution in [3.8, 4) is 0 Å². The molecule has 1 aromatic rings. The molecule has 2 aliphatic rings. The van der Waals surface area contributed by atoms with Crippen molar-refractivity contribution in [3.63, 3.8) is 0 Å². The van der Waals surface area contributed by atoms with Gasteiger partial charge >= 0.3 is 5.97 Å². The third-order valence-electron chi connectivity index (χ3n) is 3.19. The summed E-state index contributed by atoms with van der Waals surface area (Å²) in [6.07, 6.45) is 6.10. The molecule has 2 unspecified atom stereocenters. The van der Waals surface area contributed by atoms with E-state index in [2.05, 4.69) is 33.1 Å². The molecule has 0 saturated carbocycles. The molecule has 0 spiro atoms. The number of aromatic amines is 1. The molecule has 6 nitrogen and oxygen atoms in total. The van der Waals surface area contributed by atoms with Gasteiger partial charge in [0, 0.05) is 0 Å². The lowest BCUT2D eigenvalue weighted by atomic mass is 10.2. The van der Waals surface area contributed by atoms with Crippen LogP contribution in [0.3, 0.4) is 0 Å². The molecular formula is C12H14N4O2. The fraction of sp³-hybridized carbons (Fsp3) is 0.417. The Morgan fingerprint density at radius 3 is 3.22 bits per heavy atom. The van der Waals surface area contributed by atoms with Gasteiger partial charge in [-0.15, -0.1) is 0 Å². The maximum absolute atomic E-state index is 11.5. The minimum absolute atomic E-state index is 0.147. The number of aromatic nitrogens is 3. The second-order valence-corrected chi connectivity index (χ2v) is 4.30. The fourth-order valence-corrected chi connectivity index (χ4v) is 2.21. The second-order valence-electron chi connectivity index (χ2n) is 4.30. The van der Waals surface area contributed by atoms with Crippen LogP contribution in [-0.4, -0.2) is 44.7 Å². The molecule has 0 radical (unpaired) electrons. The summed E-state index contributed by atoms with van der Waals surface area (Å²) in [5, 5.41) is 6.69. The summed E-state index contributed by atoms with van der Waals surface area (Å²) < 4.78 is 4.87. The lowest BCUT2D eigenvalue weighted by Crippen LogP contribution is -2.08. The van der Waals surface area contributed by atoms with Crippen LogP contribution in [0.5, 0.6) is 0 Å². The molecule has 3 heterocycles. The molecule has 2 atom stereocenters. The van der Waals surface area contributed by atoms with Crippen LogP contribution in [-0.2, 0) is 4.74 Å². The number of ether oxygens (including phenoxy) is 1.